The second-order valence-electron chi connectivity index (χ2n) is 8.73. The molecule has 0 fully saturated rings. The number of benzene rings is 2. The average molecular weight is 471 g/mol. The average Bonchev–Trinajstić information content (AvgIpc) is 3.00. The molecule has 2 aromatic rings. The molecule has 0 unspecified atom stereocenters. The quantitative estimate of drug-likeness (QED) is 0.472. The van der Waals surface area contributed by atoms with Crippen molar-refractivity contribution < 1.29 is 23.7 Å². The Morgan fingerprint density at radius 2 is 1.44 bits per heavy atom. The predicted molar refractivity (Wildman–Crippen MR) is 134 cm³/mol. The fourth-order valence-electron chi connectivity index (χ4n) is 4.48. The lowest BCUT2D eigenvalue weighted by molar-refractivity contribution is -0.130. The molecule has 0 N–H and O–H groups in total. The Bertz CT molecular complexity index is 962. The zero-order valence-electron chi connectivity index (χ0n) is 21.2. The summed E-state index contributed by atoms with van der Waals surface area (Å²) < 4.78 is 21.5. The third-order valence-electron chi connectivity index (χ3n) is 6.47. The Morgan fingerprint density at radius 3 is 2.12 bits per heavy atom. The van der Waals surface area contributed by atoms with Crippen molar-refractivity contribution in [1.29, 1.82) is 0 Å². The third kappa shape index (κ3) is 6.56. The summed E-state index contributed by atoms with van der Waals surface area (Å²) in [5.74, 6) is 3.11. The maximum Gasteiger partial charge on any atom is 0.227 e. The largest absolute Gasteiger partial charge is 0.493 e. The first-order valence-electron chi connectivity index (χ1n) is 11.9. The minimum atomic E-state index is 0.182. The minimum Gasteiger partial charge on any atom is -0.493 e. The van der Waals surface area contributed by atoms with Crippen LogP contribution in [0.1, 0.15) is 29.5 Å². The van der Waals surface area contributed by atoms with Gasteiger partial charge in [0, 0.05) is 13.1 Å². The van der Waals surface area contributed by atoms with E-state index in [2.05, 4.69) is 18.0 Å². The van der Waals surface area contributed by atoms with Crippen molar-refractivity contribution in [3.63, 3.8) is 0 Å². The fourth-order valence-corrected chi connectivity index (χ4v) is 4.48. The van der Waals surface area contributed by atoms with Crippen molar-refractivity contribution in [2.45, 2.75) is 32.1 Å². The van der Waals surface area contributed by atoms with Crippen molar-refractivity contribution in [2.75, 3.05) is 61.7 Å². The lowest BCUT2D eigenvalue weighted by Gasteiger charge is -2.23. The summed E-state index contributed by atoms with van der Waals surface area (Å²) in [6.45, 7) is 3.49. The predicted octanol–water partition coefficient (Wildman–Crippen LogP) is 3.60. The number of amides is 1. The topological polar surface area (TPSA) is 60.5 Å². The fraction of sp³-hybridized carbons (Fsp3) is 0.519. The third-order valence-corrected chi connectivity index (χ3v) is 6.47. The van der Waals surface area contributed by atoms with Gasteiger partial charge in [0.05, 0.1) is 34.9 Å². The van der Waals surface area contributed by atoms with E-state index in [0.717, 1.165) is 74.7 Å². The maximum absolute atomic E-state index is 12.9. The van der Waals surface area contributed by atoms with Gasteiger partial charge in [0.15, 0.2) is 23.0 Å². The Morgan fingerprint density at radius 1 is 0.824 bits per heavy atom. The van der Waals surface area contributed by atoms with Crippen LogP contribution in [0.5, 0.6) is 23.0 Å². The van der Waals surface area contributed by atoms with E-state index in [1.807, 2.05) is 29.2 Å². The molecule has 0 aromatic heterocycles. The zero-order valence-corrected chi connectivity index (χ0v) is 21.2. The molecule has 0 spiro atoms. The van der Waals surface area contributed by atoms with Gasteiger partial charge in [0.2, 0.25) is 5.91 Å². The van der Waals surface area contributed by atoms with Crippen LogP contribution in [0.25, 0.3) is 0 Å². The molecule has 0 radical (unpaired) electrons. The van der Waals surface area contributed by atoms with Crippen LogP contribution in [0.3, 0.4) is 0 Å². The van der Waals surface area contributed by atoms with Gasteiger partial charge in [-0.15, -0.1) is 0 Å². The van der Waals surface area contributed by atoms with Crippen LogP contribution in [0, 0.1) is 0 Å². The second-order valence-corrected chi connectivity index (χ2v) is 8.73. The summed E-state index contributed by atoms with van der Waals surface area (Å²) in [6.07, 6.45) is 4.26. The van der Waals surface area contributed by atoms with E-state index in [0.29, 0.717) is 12.2 Å². The van der Waals surface area contributed by atoms with Gasteiger partial charge in [-0.2, -0.15) is 0 Å². The number of aryl methyl sites for hydroxylation is 1. The lowest BCUT2D eigenvalue weighted by Crippen LogP contribution is -2.35. The summed E-state index contributed by atoms with van der Waals surface area (Å²) in [5, 5.41) is 0. The van der Waals surface area contributed by atoms with Crippen molar-refractivity contribution in [1.82, 2.24) is 9.80 Å². The number of hydrogen-bond donors (Lipinski definition) is 0. The normalized spacial score (nSPS) is 13.5. The van der Waals surface area contributed by atoms with E-state index in [9.17, 15) is 4.79 Å². The summed E-state index contributed by atoms with van der Waals surface area (Å²) in [6, 6.07) is 10.1. The molecule has 0 bridgehead atoms. The molecule has 34 heavy (non-hydrogen) atoms. The number of carbonyl (C=O) groups is 1. The SMILES string of the molecule is COc1ccc(CCCN(C)CCCN2CCc3cc(OC)c(OC)cc3CC2=O)cc1OC. The van der Waals surface area contributed by atoms with Crippen LogP contribution in [0.15, 0.2) is 30.3 Å². The first-order valence-corrected chi connectivity index (χ1v) is 11.9. The van der Waals surface area contributed by atoms with Crippen LogP contribution < -0.4 is 18.9 Å². The lowest BCUT2D eigenvalue weighted by atomic mass is 10.0. The summed E-state index contributed by atoms with van der Waals surface area (Å²) in [5.41, 5.74) is 3.45. The van der Waals surface area contributed by atoms with Crippen LogP contribution in [-0.2, 0) is 24.1 Å². The zero-order chi connectivity index (χ0) is 24.5. The van der Waals surface area contributed by atoms with Gasteiger partial charge in [-0.1, -0.05) is 6.07 Å². The first kappa shape index (κ1) is 25.7. The van der Waals surface area contributed by atoms with Gasteiger partial charge in [-0.3, -0.25) is 4.79 Å². The van der Waals surface area contributed by atoms with Gasteiger partial charge in [0.1, 0.15) is 0 Å². The van der Waals surface area contributed by atoms with Crippen LogP contribution >= 0.6 is 0 Å². The Hall–Kier alpha value is -2.93. The molecule has 0 saturated carbocycles. The number of methoxy groups -OCH3 is 4. The molecule has 186 valence electrons. The van der Waals surface area contributed by atoms with Gasteiger partial charge in [-0.25, -0.2) is 0 Å². The summed E-state index contributed by atoms with van der Waals surface area (Å²) in [7, 11) is 8.73. The Labute approximate surface area is 203 Å². The van der Waals surface area contributed by atoms with E-state index in [1.54, 1.807) is 28.4 Å². The second kappa shape index (κ2) is 12.5. The number of carbonyl (C=O) groups excluding carboxylic acids is 1. The molecular weight excluding hydrogens is 432 g/mol. The Kier molecular flexibility index (Phi) is 9.45. The molecule has 1 aliphatic heterocycles. The first-order chi connectivity index (χ1) is 16.5. The summed E-state index contributed by atoms with van der Waals surface area (Å²) >= 11 is 0. The van der Waals surface area contributed by atoms with E-state index < -0.39 is 0 Å². The standard InChI is InChI=1S/C27H38N2O5/c1-28(12-6-8-20-9-10-23(31-2)24(16-20)32-3)13-7-14-29-15-11-21-17-25(33-4)26(34-5)18-22(21)19-27(29)30/h9-10,16-18H,6-8,11-15,19H2,1-5H3. The maximum atomic E-state index is 12.9. The molecule has 0 aliphatic carbocycles. The molecule has 1 amide bonds. The molecule has 0 saturated heterocycles. The van der Waals surface area contributed by atoms with Gasteiger partial charge in [0.25, 0.3) is 0 Å². The van der Waals surface area contributed by atoms with Gasteiger partial charge >= 0.3 is 0 Å². The molecule has 7 heteroatoms. The molecule has 3 rings (SSSR count). The highest BCUT2D eigenvalue weighted by molar-refractivity contribution is 5.80. The highest BCUT2D eigenvalue weighted by atomic mass is 16.5. The molecule has 2 aromatic carbocycles. The van der Waals surface area contributed by atoms with Crippen molar-refractivity contribution in [2.24, 2.45) is 0 Å². The highest BCUT2D eigenvalue weighted by Gasteiger charge is 2.22. The van der Waals surface area contributed by atoms with E-state index in [-0.39, 0.29) is 5.91 Å². The molecule has 1 heterocycles. The number of rotatable bonds is 12. The molecule has 0 atom stereocenters. The highest BCUT2D eigenvalue weighted by Crippen LogP contribution is 2.32. The molecule has 1 aliphatic rings. The number of fused-ring (bicyclic) bond motifs is 1. The van der Waals surface area contributed by atoms with Crippen LogP contribution in [0.2, 0.25) is 0 Å². The summed E-state index contributed by atoms with van der Waals surface area (Å²) in [4.78, 5) is 17.2. The Balaban J connectivity index is 1.43. The smallest absolute Gasteiger partial charge is 0.227 e. The molecule has 7 nitrogen and oxygen atoms in total. The van der Waals surface area contributed by atoms with Crippen molar-refractivity contribution >= 4 is 5.91 Å². The van der Waals surface area contributed by atoms with E-state index in [4.69, 9.17) is 18.9 Å². The number of nitrogens with zero attached hydrogens (tertiary/aromatic N) is 2. The van der Waals surface area contributed by atoms with Crippen LogP contribution in [0.4, 0.5) is 0 Å². The minimum absolute atomic E-state index is 0.182. The molecular formula is C27H38N2O5. The number of ether oxygens (including phenoxy) is 4. The van der Waals surface area contributed by atoms with E-state index >= 15 is 0 Å². The van der Waals surface area contributed by atoms with E-state index in [1.165, 1.54) is 11.1 Å². The number of hydrogen-bond acceptors (Lipinski definition) is 6. The van der Waals surface area contributed by atoms with Crippen LogP contribution in [-0.4, -0.2) is 77.4 Å². The monoisotopic (exact) mass is 470 g/mol. The van der Waals surface area contributed by atoms with Crippen molar-refractivity contribution in [3.8, 4) is 23.0 Å². The van der Waals surface area contributed by atoms with Gasteiger partial charge < -0.3 is 28.7 Å². The van der Waals surface area contributed by atoms with Gasteiger partial charge in [-0.05, 0) is 86.8 Å². The van der Waals surface area contributed by atoms with Crippen molar-refractivity contribution in [3.05, 3.63) is 47.0 Å².